The highest BCUT2D eigenvalue weighted by Gasteiger charge is 2.16. The average molecular weight is 419 g/mol. The van der Waals surface area contributed by atoms with E-state index in [1.54, 1.807) is 36.4 Å². The molecule has 0 saturated heterocycles. The summed E-state index contributed by atoms with van der Waals surface area (Å²) in [6.07, 6.45) is 0. The second-order valence-electron chi connectivity index (χ2n) is 4.03. The number of hydrogen-bond acceptors (Lipinski definition) is 2. The van der Waals surface area contributed by atoms with Crippen molar-refractivity contribution < 1.29 is 9.53 Å². The number of carbonyl (C=O) groups excluding carboxylic acids is 1. The molecular weight excluding hydrogens is 407 g/mol. The number of ketones is 1. The van der Waals surface area contributed by atoms with Crippen LogP contribution < -0.4 is 4.74 Å². The monoisotopic (exact) mass is 416 g/mol. The van der Waals surface area contributed by atoms with E-state index in [9.17, 15) is 4.79 Å². The Hall–Kier alpha value is -0.840. The zero-order chi connectivity index (χ0) is 14.7. The lowest BCUT2D eigenvalue weighted by atomic mass is 10.0. The second-order valence-corrected chi connectivity index (χ2v) is 6.21. The highest BCUT2D eigenvalue weighted by molar-refractivity contribution is 9.10. The zero-order valence-corrected chi connectivity index (χ0v) is 14.5. The molecule has 0 bridgehead atoms. The van der Waals surface area contributed by atoms with Gasteiger partial charge in [-0.05, 0) is 59.3 Å². The largest absolute Gasteiger partial charge is 0.494 e. The van der Waals surface area contributed by atoms with Crippen molar-refractivity contribution in [1.82, 2.24) is 0 Å². The molecule has 0 saturated carbocycles. The quantitative estimate of drug-likeness (QED) is 0.614. The van der Waals surface area contributed by atoms with Gasteiger partial charge in [0.25, 0.3) is 0 Å². The molecule has 2 nitrogen and oxygen atoms in total. The summed E-state index contributed by atoms with van der Waals surface area (Å²) in [4.78, 5) is 12.5. The Kier molecular flexibility index (Phi) is 5.24. The van der Waals surface area contributed by atoms with E-state index in [1.807, 2.05) is 6.92 Å². The van der Waals surface area contributed by atoms with Gasteiger partial charge in [-0.1, -0.05) is 27.5 Å². The second kappa shape index (κ2) is 6.74. The summed E-state index contributed by atoms with van der Waals surface area (Å²) in [5, 5.41) is 0.421. The molecule has 0 N–H and O–H groups in total. The summed E-state index contributed by atoms with van der Waals surface area (Å²) < 4.78 is 6.92. The molecular formula is C15H11Br2ClO2. The van der Waals surface area contributed by atoms with Crippen LogP contribution in [0.4, 0.5) is 0 Å². The SMILES string of the molecule is CCOc1ccc(C(=O)c2ccc(Br)cc2Cl)c(Br)c1. The van der Waals surface area contributed by atoms with Crippen molar-refractivity contribution in [2.24, 2.45) is 0 Å². The van der Waals surface area contributed by atoms with Gasteiger partial charge in [-0.25, -0.2) is 0 Å². The molecule has 0 radical (unpaired) electrons. The summed E-state index contributed by atoms with van der Waals surface area (Å²) >= 11 is 12.8. The number of rotatable bonds is 4. The number of halogens is 3. The summed E-state index contributed by atoms with van der Waals surface area (Å²) in [6, 6.07) is 10.5. The first kappa shape index (κ1) is 15.5. The van der Waals surface area contributed by atoms with Gasteiger partial charge in [-0.15, -0.1) is 0 Å². The maximum Gasteiger partial charge on any atom is 0.195 e. The molecule has 0 fully saturated rings. The number of hydrogen-bond donors (Lipinski definition) is 0. The molecule has 2 aromatic carbocycles. The maximum absolute atomic E-state index is 12.5. The molecule has 0 aliphatic heterocycles. The molecule has 0 amide bonds. The Labute approximate surface area is 139 Å². The third kappa shape index (κ3) is 3.43. The molecule has 0 aromatic heterocycles. The van der Waals surface area contributed by atoms with E-state index >= 15 is 0 Å². The van der Waals surface area contributed by atoms with E-state index in [0.29, 0.717) is 27.2 Å². The van der Waals surface area contributed by atoms with Crippen molar-refractivity contribution >= 4 is 49.2 Å². The molecule has 0 spiro atoms. The predicted molar refractivity (Wildman–Crippen MR) is 87.9 cm³/mol. The molecule has 2 aromatic rings. The molecule has 0 atom stereocenters. The highest BCUT2D eigenvalue weighted by atomic mass is 79.9. The van der Waals surface area contributed by atoms with Gasteiger partial charge in [0, 0.05) is 20.1 Å². The van der Waals surface area contributed by atoms with Gasteiger partial charge in [0.2, 0.25) is 0 Å². The van der Waals surface area contributed by atoms with Crippen LogP contribution in [-0.4, -0.2) is 12.4 Å². The number of benzene rings is 2. The predicted octanol–water partition coefficient (Wildman–Crippen LogP) is 5.49. The van der Waals surface area contributed by atoms with Crippen LogP contribution in [0.1, 0.15) is 22.8 Å². The summed E-state index contributed by atoms with van der Waals surface area (Å²) in [5.41, 5.74) is 1.03. The average Bonchev–Trinajstić information content (AvgIpc) is 2.38. The van der Waals surface area contributed by atoms with Gasteiger partial charge >= 0.3 is 0 Å². The van der Waals surface area contributed by atoms with Gasteiger partial charge in [-0.2, -0.15) is 0 Å². The topological polar surface area (TPSA) is 26.3 Å². The first-order chi connectivity index (χ1) is 9.52. The van der Waals surface area contributed by atoms with E-state index in [4.69, 9.17) is 16.3 Å². The minimum Gasteiger partial charge on any atom is -0.494 e. The van der Waals surface area contributed by atoms with Crippen LogP contribution in [0, 0.1) is 0 Å². The van der Waals surface area contributed by atoms with Crippen LogP contribution in [0.5, 0.6) is 5.75 Å². The summed E-state index contributed by atoms with van der Waals surface area (Å²) in [7, 11) is 0. The van der Waals surface area contributed by atoms with Crippen LogP contribution in [0.15, 0.2) is 45.3 Å². The van der Waals surface area contributed by atoms with Gasteiger partial charge in [-0.3, -0.25) is 4.79 Å². The molecule has 0 aliphatic carbocycles. The maximum atomic E-state index is 12.5. The molecule has 0 aliphatic rings. The van der Waals surface area contributed by atoms with Crippen molar-refractivity contribution in [3.8, 4) is 5.75 Å². The smallest absolute Gasteiger partial charge is 0.195 e. The van der Waals surface area contributed by atoms with E-state index in [1.165, 1.54) is 0 Å². The fourth-order valence-corrected chi connectivity index (χ4v) is 3.05. The van der Waals surface area contributed by atoms with Crippen LogP contribution in [0.3, 0.4) is 0 Å². The van der Waals surface area contributed by atoms with Crippen LogP contribution in [-0.2, 0) is 0 Å². The van der Waals surface area contributed by atoms with E-state index < -0.39 is 0 Å². The lowest BCUT2D eigenvalue weighted by molar-refractivity contribution is 0.103. The number of carbonyl (C=O) groups is 1. The van der Waals surface area contributed by atoms with Gasteiger partial charge < -0.3 is 4.74 Å². The summed E-state index contributed by atoms with van der Waals surface area (Å²) in [5.74, 6) is 0.593. The van der Waals surface area contributed by atoms with Crippen LogP contribution >= 0.6 is 43.5 Å². The Morgan fingerprint density at radius 1 is 1.15 bits per heavy atom. The van der Waals surface area contributed by atoms with Crippen molar-refractivity contribution in [2.45, 2.75) is 6.92 Å². The van der Waals surface area contributed by atoms with Crippen molar-refractivity contribution in [3.05, 3.63) is 61.5 Å². The Bertz CT molecular complexity index is 656. The van der Waals surface area contributed by atoms with Crippen LogP contribution in [0.25, 0.3) is 0 Å². The molecule has 20 heavy (non-hydrogen) atoms. The Balaban J connectivity index is 2.38. The van der Waals surface area contributed by atoms with E-state index in [-0.39, 0.29) is 5.78 Å². The third-order valence-electron chi connectivity index (χ3n) is 2.67. The van der Waals surface area contributed by atoms with Crippen molar-refractivity contribution in [1.29, 1.82) is 0 Å². The minimum absolute atomic E-state index is 0.127. The third-order valence-corrected chi connectivity index (χ3v) is 4.13. The fraction of sp³-hybridized carbons (Fsp3) is 0.133. The highest BCUT2D eigenvalue weighted by Crippen LogP contribution is 2.28. The van der Waals surface area contributed by atoms with Crippen molar-refractivity contribution in [2.75, 3.05) is 6.61 Å². The van der Waals surface area contributed by atoms with Gasteiger partial charge in [0.05, 0.1) is 11.6 Å². The lowest BCUT2D eigenvalue weighted by Crippen LogP contribution is -2.03. The normalized spacial score (nSPS) is 10.4. The minimum atomic E-state index is -0.127. The van der Waals surface area contributed by atoms with Crippen LogP contribution in [0.2, 0.25) is 5.02 Å². The first-order valence-corrected chi connectivity index (χ1v) is 7.91. The van der Waals surface area contributed by atoms with E-state index in [0.717, 1.165) is 10.2 Å². The zero-order valence-electron chi connectivity index (χ0n) is 10.6. The molecule has 104 valence electrons. The van der Waals surface area contributed by atoms with Crippen molar-refractivity contribution in [3.63, 3.8) is 0 Å². The standard InChI is InChI=1S/C15H11Br2ClO2/c1-2-20-10-4-6-11(13(17)8-10)15(19)12-5-3-9(16)7-14(12)18/h3-8H,2H2,1H3. The molecule has 0 unspecified atom stereocenters. The van der Waals surface area contributed by atoms with Gasteiger partial charge in [0.15, 0.2) is 5.78 Å². The lowest BCUT2D eigenvalue weighted by Gasteiger charge is -2.08. The van der Waals surface area contributed by atoms with Gasteiger partial charge in [0.1, 0.15) is 5.75 Å². The molecule has 5 heteroatoms. The molecule has 2 rings (SSSR count). The Morgan fingerprint density at radius 2 is 1.85 bits per heavy atom. The summed E-state index contributed by atoms with van der Waals surface area (Å²) in [6.45, 7) is 2.49. The number of ether oxygens (including phenoxy) is 1. The molecule has 0 heterocycles. The Morgan fingerprint density at radius 3 is 2.45 bits per heavy atom. The van der Waals surface area contributed by atoms with E-state index in [2.05, 4.69) is 31.9 Å². The fourth-order valence-electron chi connectivity index (χ4n) is 1.76. The first-order valence-electron chi connectivity index (χ1n) is 5.95.